The smallest absolute Gasteiger partial charge is 0.341 e. The van der Waals surface area contributed by atoms with Crippen LogP contribution in [0.4, 0.5) is 5.82 Å². The molecular formula is C20H21N3O5. The lowest BCUT2D eigenvalue weighted by atomic mass is 9.69. The van der Waals surface area contributed by atoms with Crippen LogP contribution in [0, 0.1) is 5.41 Å². The van der Waals surface area contributed by atoms with Gasteiger partial charge in [0.15, 0.2) is 12.4 Å². The molecule has 4 rings (SSSR count). The summed E-state index contributed by atoms with van der Waals surface area (Å²) in [5, 5.41) is 17.6. The molecular weight excluding hydrogens is 362 g/mol. The van der Waals surface area contributed by atoms with Crippen molar-refractivity contribution in [3.8, 4) is 5.75 Å². The van der Waals surface area contributed by atoms with Crippen molar-refractivity contribution in [2.24, 2.45) is 5.41 Å². The van der Waals surface area contributed by atoms with E-state index in [-0.39, 0.29) is 16.8 Å². The van der Waals surface area contributed by atoms with Gasteiger partial charge >= 0.3 is 5.97 Å². The van der Waals surface area contributed by atoms with Crippen LogP contribution in [0.5, 0.6) is 5.75 Å². The van der Waals surface area contributed by atoms with Crippen molar-refractivity contribution >= 4 is 17.6 Å². The van der Waals surface area contributed by atoms with Crippen molar-refractivity contribution in [3.05, 3.63) is 57.0 Å². The number of para-hydroxylation sites is 1. The van der Waals surface area contributed by atoms with Crippen LogP contribution in [0.25, 0.3) is 0 Å². The Morgan fingerprint density at radius 3 is 2.71 bits per heavy atom. The maximum absolute atomic E-state index is 13.1. The van der Waals surface area contributed by atoms with Crippen LogP contribution >= 0.6 is 0 Å². The minimum Gasteiger partial charge on any atom is -0.482 e. The molecule has 4 N–H and O–H groups in total. The van der Waals surface area contributed by atoms with Gasteiger partial charge in [-0.1, -0.05) is 32.0 Å². The van der Waals surface area contributed by atoms with Crippen molar-refractivity contribution in [2.45, 2.75) is 32.6 Å². The van der Waals surface area contributed by atoms with Gasteiger partial charge in [0.1, 0.15) is 11.6 Å². The first-order chi connectivity index (χ1) is 13.3. The normalized spacial score (nSPS) is 20.2. The number of fused-ring (bicyclic) bond motifs is 1. The number of H-pyrrole nitrogens is 2. The summed E-state index contributed by atoms with van der Waals surface area (Å²) in [5.41, 5.74) is 1.80. The van der Waals surface area contributed by atoms with Gasteiger partial charge in [0, 0.05) is 23.3 Å². The number of ether oxygens (including phenoxy) is 1. The number of hydrogen-bond donors (Lipinski definition) is 4. The number of aromatic amines is 2. The van der Waals surface area contributed by atoms with Crippen molar-refractivity contribution in [1.82, 2.24) is 10.2 Å². The molecule has 1 aromatic heterocycles. The quantitative estimate of drug-likeness (QED) is 0.642. The highest BCUT2D eigenvalue weighted by Gasteiger charge is 2.43. The van der Waals surface area contributed by atoms with Crippen molar-refractivity contribution in [3.63, 3.8) is 0 Å². The summed E-state index contributed by atoms with van der Waals surface area (Å²) in [5.74, 6) is -0.895. The SMILES string of the molecule is CC1(C)CC(=O)C2=C(C1)Nc1[nH][nH]c(=O)c1[C@H]2c1ccccc1OCC(=O)O. The first-order valence-corrected chi connectivity index (χ1v) is 9.04. The van der Waals surface area contributed by atoms with Gasteiger partial charge in [-0.25, -0.2) is 4.79 Å². The third kappa shape index (κ3) is 3.00. The van der Waals surface area contributed by atoms with E-state index in [0.29, 0.717) is 41.1 Å². The molecule has 1 atom stereocenters. The Bertz CT molecular complexity index is 1060. The number of hydrogen-bond acceptors (Lipinski definition) is 5. The maximum Gasteiger partial charge on any atom is 0.341 e. The summed E-state index contributed by atoms with van der Waals surface area (Å²) >= 11 is 0. The summed E-state index contributed by atoms with van der Waals surface area (Å²) in [6.45, 7) is 3.56. The van der Waals surface area contributed by atoms with Crippen LogP contribution in [-0.4, -0.2) is 33.7 Å². The zero-order chi connectivity index (χ0) is 20.1. The minimum absolute atomic E-state index is 0.0250. The average molecular weight is 383 g/mol. The van der Waals surface area contributed by atoms with Gasteiger partial charge < -0.3 is 15.2 Å². The van der Waals surface area contributed by atoms with Gasteiger partial charge in [-0.2, -0.15) is 0 Å². The van der Waals surface area contributed by atoms with Gasteiger partial charge in [0.2, 0.25) is 0 Å². The van der Waals surface area contributed by atoms with E-state index in [1.165, 1.54) is 0 Å². The number of benzene rings is 1. The number of allylic oxidation sites excluding steroid dienone is 2. The van der Waals surface area contributed by atoms with Crippen molar-refractivity contribution < 1.29 is 19.4 Å². The molecule has 2 heterocycles. The second kappa shape index (κ2) is 6.40. The third-order valence-electron chi connectivity index (χ3n) is 5.17. The summed E-state index contributed by atoms with van der Waals surface area (Å²) in [6, 6.07) is 6.92. The maximum atomic E-state index is 13.1. The van der Waals surface area contributed by atoms with Crippen LogP contribution in [0.3, 0.4) is 0 Å². The highest BCUT2D eigenvalue weighted by molar-refractivity contribution is 6.01. The van der Waals surface area contributed by atoms with E-state index in [4.69, 9.17) is 9.84 Å². The number of aliphatic carboxylic acids is 1. The number of carbonyl (C=O) groups excluding carboxylic acids is 1. The summed E-state index contributed by atoms with van der Waals surface area (Å²) in [4.78, 5) is 36.6. The molecule has 0 radical (unpaired) electrons. The van der Waals surface area contributed by atoms with Crippen molar-refractivity contribution in [2.75, 3.05) is 11.9 Å². The van der Waals surface area contributed by atoms with Gasteiger partial charge in [0.05, 0.1) is 11.5 Å². The molecule has 0 saturated heterocycles. The molecule has 1 aromatic carbocycles. The predicted octanol–water partition coefficient (Wildman–Crippen LogP) is 2.37. The fourth-order valence-corrected chi connectivity index (χ4v) is 4.12. The van der Waals surface area contributed by atoms with E-state index in [0.717, 1.165) is 5.70 Å². The van der Waals surface area contributed by atoms with Crippen LogP contribution in [0.1, 0.15) is 43.7 Å². The molecule has 0 fully saturated rings. The molecule has 0 unspecified atom stereocenters. The summed E-state index contributed by atoms with van der Waals surface area (Å²) in [6.07, 6.45) is 1.04. The number of anilines is 1. The minimum atomic E-state index is -1.10. The molecule has 28 heavy (non-hydrogen) atoms. The fraction of sp³-hybridized carbons (Fsp3) is 0.350. The number of aromatic nitrogens is 2. The largest absolute Gasteiger partial charge is 0.482 e. The van der Waals surface area contributed by atoms with E-state index < -0.39 is 18.5 Å². The van der Waals surface area contributed by atoms with Gasteiger partial charge in [-0.05, 0) is 17.9 Å². The second-order valence-corrected chi connectivity index (χ2v) is 7.98. The third-order valence-corrected chi connectivity index (χ3v) is 5.17. The van der Waals surface area contributed by atoms with Crippen LogP contribution in [0.2, 0.25) is 0 Å². The van der Waals surface area contributed by atoms with E-state index in [1.54, 1.807) is 24.3 Å². The van der Waals surface area contributed by atoms with E-state index in [1.807, 2.05) is 13.8 Å². The number of Topliss-reactive ketones (excluding diaryl/α,β-unsaturated/α-hetero) is 1. The number of carboxylic acid groups (broad SMARTS) is 1. The molecule has 146 valence electrons. The molecule has 2 aromatic rings. The standard InChI is InChI=1S/C20H21N3O5/c1-20(2)7-11-16(12(24)8-20)15(17-18(21-11)22-23-19(17)27)10-5-3-4-6-13(10)28-9-14(25)26/h3-6,15H,7-9H2,1-2H3,(H,25,26)(H3,21,22,23,27)/t15-/m0/s1. The molecule has 0 spiro atoms. The summed E-state index contributed by atoms with van der Waals surface area (Å²) in [7, 11) is 0. The highest BCUT2D eigenvalue weighted by atomic mass is 16.5. The number of carboxylic acids is 1. The van der Waals surface area contributed by atoms with E-state index in [2.05, 4.69) is 15.5 Å². The number of carbonyl (C=O) groups is 2. The second-order valence-electron chi connectivity index (χ2n) is 7.98. The van der Waals surface area contributed by atoms with Gasteiger partial charge in [-0.3, -0.25) is 19.8 Å². The van der Waals surface area contributed by atoms with E-state index in [9.17, 15) is 14.4 Å². The Balaban J connectivity index is 1.90. The number of nitrogens with one attached hydrogen (secondary N) is 3. The van der Waals surface area contributed by atoms with Crippen molar-refractivity contribution in [1.29, 1.82) is 0 Å². The zero-order valence-electron chi connectivity index (χ0n) is 15.6. The zero-order valence-corrected chi connectivity index (χ0v) is 15.6. The Morgan fingerprint density at radius 2 is 1.96 bits per heavy atom. The Morgan fingerprint density at radius 1 is 1.21 bits per heavy atom. The molecule has 8 nitrogen and oxygen atoms in total. The number of rotatable bonds is 4. The summed E-state index contributed by atoms with van der Waals surface area (Å²) < 4.78 is 5.46. The predicted molar refractivity (Wildman–Crippen MR) is 101 cm³/mol. The monoisotopic (exact) mass is 383 g/mol. The van der Waals surface area contributed by atoms with Crippen LogP contribution in [0.15, 0.2) is 40.3 Å². The molecule has 2 aliphatic rings. The topological polar surface area (TPSA) is 124 Å². The molecule has 8 heteroatoms. The average Bonchev–Trinajstić information content (AvgIpc) is 2.98. The first kappa shape index (κ1) is 18.1. The lowest BCUT2D eigenvalue weighted by Gasteiger charge is -2.38. The number of ketones is 1. The first-order valence-electron chi connectivity index (χ1n) is 9.04. The lowest BCUT2D eigenvalue weighted by Crippen LogP contribution is -2.35. The molecule has 1 aliphatic heterocycles. The van der Waals surface area contributed by atoms with Crippen LogP contribution in [-0.2, 0) is 9.59 Å². The van der Waals surface area contributed by atoms with Gasteiger partial charge in [0.25, 0.3) is 5.56 Å². The molecule has 0 saturated carbocycles. The Labute approximate surface area is 160 Å². The molecule has 0 bridgehead atoms. The molecule has 1 aliphatic carbocycles. The highest BCUT2D eigenvalue weighted by Crippen LogP contribution is 2.49. The molecule has 0 amide bonds. The van der Waals surface area contributed by atoms with Crippen LogP contribution < -0.4 is 15.6 Å². The van der Waals surface area contributed by atoms with Gasteiger partial charge in [-0.15, -0.1) is 0 Å². The fourth-order valence-electron chi connectivity index (χ4n) is 4.12. The Kier molecular flexibility index (Phi) is 4.14. The Hall–Kier alpha value is -3.29. The lowest BCUT2D eigenvalue weighted by molar-refractivity contribution is -0.139. The van der Waals surface area contributed by atoms with E-state index >= 15 is 0 Å².